The van der Waals surface area contributed by atoms with Crippen LogP contribution in [0.25, 0.3) is 0 Å². The normalized spacial score (nSPS) is 20.2. The highest BCUT2D eigenvalue weighted by molar-refractivity contribution is 7.94. The fourth-order valence-electron chi connectivity index (χ4n) is 3.17. The number of carbonyl (C=O) groups excluding carboxylic acids is 1. The zero-order chi connectivity index (χ0) is 19.7. The molecule has 7 nitrogen and oxygen atoms in total. The molecular weight excluding hydrogens is 396 g/mol. The van der Waals surface area contributed by atoms with Gasteiger partial charge in [0.1, 0.15) is 4.21 Å². The summed E-state index contributed by atoms with van der Waals surface area (Å²) < 4.78 is 25.3. The van der Waals surface area contributed by atoms with E-state index in [1.165, 1.54) is 11.3 Å². The average molecular weight is 415 g/mol. The fraction of sp³-hybridized carbons (Fsp3) is 0.211. The van der Waals surface area contributed by atoms with Crippen LogP contribution >= 0.6 is 11.3 Å². The molecule has 0 spiro atoms. The Kier molecular flexibility index (Phi) is 4.86. The number of hydrogen-bond acceptors (Lipinski definition) is 7. The van der Waals surface area contributed by atoms with Crippen molar-refractivity contribution in [3.63, 3.8) is 0 Å². The third-order valence-electron chi connectivity index (χ3n) is 4.64. The van der Waals surface area contributed by atoms with Gasteiger partial charge in [0.05, 0.1) is 11.3 Å². The molecule has 144 valence electrons. The van der Waals surface area contributed by atoms with Gasteiger partial charge in [0.25, 0.3) is 5.91 Å². The zero-order valence-corrected chi connectivity index (χ0v) is 16.6. The van der Waals surface area contributed by atoms with Gasteiger partial charge in [-0.3, -0.25) is 4.79 Å². The molecule has 2 N–H and O–H groups in total. The molecule has 0 aliphatic carbocycles. The lowest BCUT2D eigenvalue weighted by Crippen LogP contribution is -2.36. The second-order valence-electron chi connectivity index (χ2n) is 6.56. The van der Waals surface area contributed by atoms with Crippen molar-refractivity contribution in [3.8, 4) is 0 Å². The molecule has 0 bridgehead atoms. The van der Waals surface area contributed by atoms with Crippen LogP contribution in [-0.4, -0.2) is 29.5 Å². The zero-order valence-electron chi connectivity index (χ0n) is 15.0. The maximum atomic E-state index is 12.8. The van der Waals surface area contributed by atoms with E-state index in [2.05, 4.69) is 20.6 Å². The summed E-state index contributed by atoms with van der Waals surface area (Å²) in [7, 11) is -3.31. The van der Waals surface area contributed by atoms with Crippen molar-refractivity contribution in [3.05, 3.63) is 65.3 Å². The van der Waals surface area contributed by atoms with E-state index >= 15 is 0 Å². The fourth-order valence-corrected chi connectivity index (χ4v) is 6.40. The maximum Gasteiger partial charge on any atom is 0.251 e. The first-order valence-electron chi connectivity index (χ1n) is 8.71. The Morgan fingerprint density at radius 1 is 1.18 bits per heavy atom. The van der Waals surface area contributed by atoms with E-state index in [-0.39, 0.29) is 11.9 Å². The Morgan fingerprint density at radius 3 is 2.75 bits per heavy atom. The number of benzene rings is 1. The number of thiophene rings is 1. The molecule has 1 amide bonds. The van der Waals surface area contributed by atoms with E-state index in [1.807, 2.05) is 6.07 Å². The van der Waals surface area contributed by atoms with Gasteiger partial charge in [-0.25, -0.2) is 18.4 Å². The van der Waals surface area contributed by atoms with Crippen LogP contribution in [0.2, 0.25) is 0 Å². The summed E-state index contributed by atoms with van der Waals surface area (Å²) in [5, 5.41) is 7.25. The van der Waals surface area contributed by atoms with E-state index in [1.54, 1.807) is 55.0 Å². The third-order valence-corrected chi connectivity index (χ3v) is 8.35. The van der Waals surface area contributed by atoms with Gasteiger partial charge in [-0.15, -0.1) is 11.3 Å². The van der Waals surface area contributed by atoms with Gasteiger partial charge < -0.3 is 10.6 Å². The Morgan fingerprint density at radius 2 is 1.96 bits per heavy atom. The second-order valence-corrected chi connectivity index (χ2v) is 10.0. The molecule has 2 aromatic heterocycles. The number of aromatic nitrogens is 2. The predicted octanol–water partition coefficient (Wildman–Crippen LogP) is 3.32. The molecule has 0 radical (unpaired) electrons. The highest BCUT2D eigenvalue weighted by Gasteiger charge is 2.38. The number of fused-ring (bicyclic) bond motifs is 1. The smallest absolute Gasteiger partial charge is 0.251 e. The van der Waals surface area contributed by atoms with Crippen molar-refractivity contribution >= 4 is 38.7 Å². The predicted molar refractivity (Wildman–Crippen MR) is 108 cm³/mol. The quantitative estimate of drug-likeness (QED) is 0.679. The molecule has 9 heteroatoms. The van der Waals surface area contributed by atoms with Crippen LogP contribution in [0.15, 0.2) is 58.4 Å². The molecule has 0 unspecified atom stereocenters. The molecule has 1 aliphatic rings. The van der Waals surface area contributed by atoms with Gasteiger partial charge in [-0.1, -0.05) is 6.07 Å². The van der Waals surface area contributed by atoms with E-state index in [0.29, 0.717) is 33.4 Å². The number of rotatable bonds is 4. The first kappa shape index (κ1) is 18.6. The Bertz CT molecular complexity index is 1110. The summed E-state index contributed by atoms with van der Waals surface area (Å²) in [4.78, 5) is 21.0. The molecular formula is C19H18N4O3S2. The first-order valence-corrected chi connectivity index (χ1v) is 11.1. The molecule has 0 saturated heterocycles. The molecule has 0 fully saturated rings. The Labute approximate surface area is 166 Å². The highest BCUT2D eigenvalue weighted by atomic mass is 32.2. The monoisotopic (exact) mass is 414 g/mol. The second kappa shape index (κ2) is 7.33. The third kappa shape index (κ3) is 3.50. The van der Waals surface area contributed by atoms with Crippen LogP contribution in [0.5, 0.6) is 0 Å². The van der Waals surface area contributed by atoms with Gasteiger partial charge in [-0.05, 0) is 49.1 Å². The Hall–Kier alpha value is -2.78. The lowest BCUT2D eigenvalue weighted by atomic mass is 10.0. The SMILES string of the molecule is C[C@H]1C[C@H](NC(=O)c2cccc(Nc3ncccn3)c2)c2ccsc2S1(=O)=O. The van der Waals surface area contributed by atoms with Gasteiger partial charge in [0, 0.05) is 29.2 Å². The molecule has 4 rings (SSSR count). The number of sulfone groups is 1. The van der Waals surface area contributed by atoms with Crippen LogP contribution in [0, 0.1) is 0 Å². The number of nitrogens with one attached hydrogen (secondary N) is 2. The van der Waals surface area contributed by atoms with Gasteiger partial charge in [0.15, 0.2) is 9.84 Å². The lowest BCUT2D eigenvalue weighted by molar-refractivity contribution is 0.0933. The minimum absolute atomic E-state index is 0.258. The molecule has 28 heavy (non-hydrogen) atoms. The van der Waals surface area contributed by atoms with Crippen molar-refractivity contribution in [2.24, 2.45) is 0 Å². The number of anilines is 2. The number of carbonyl (C=O) groups is 1. The van der Waals surface area contributed by atoms with E-state index in [9.17, 15) is 13.2 Å². The topological polar surface area (TPSA) is 101 Å². The van der Waals surface area contributed by atoms with Crippen molar-refractivity contribution in [2.45, 2.75) is 28.8 Å². The Balaban J connectivity index is 1.54. The van der Waals surface area contributed by atoms with Crippen molar-refractivity contribution < 1.29 is 13.2 Å². The highest BCUT2D eigenvalue weighted by Crippen LogP contribution is 2.39. The molecule has 2 atom stereocenters. The maximum absolute atomic E-state index is 12.8. The van der Waals surface area contributed by atoms with Gasteiger partial charge in [0.2, 0.25) is 5.95 Å². The van der Waals surface area contributed by atoms with E-state index in [0.717, 1.165) is 0 Å². The van der Waals surface area contributed by atoms with Crippen LogP contribution in [0.3, 0.4) is 0 Å². The summed E-state index contributed by atoms with van der Waals surface area (Å²) >= 11 is 1.20. The van der Waals surface area contributed by atoms with E-state index < -0.39 is 15.1 Å². The summed E-state index contributed by atoms with van der Waals surface area (Å²) in [6, 6.07) is 10.2. The molecule has 1 aliphatic heterocycles. The molecule has 3 heterocycles. The number of amides is 1. The number of hydrogen-bond donors (Lipinski definition) is 2. The van der Waals surface area contributed by atoms with Crippen LogP contribution < -0.4 is 10.6 Å². The summed E-state index contributed by atoms with van der Waals surface area (Å²) in [5.41, 5.74) is 1.83. The minimum Gasteiger partial charge on any atom is -0.345 e. The van der Waals surface area contributed by atoms with Crippen molar-refractivity contribution in [1.29, 1.82) is 0 Å². The van der Waals surface area contributed by atoms with Gasteiger partial charge >= 0.3 is 0 Å². The summed E-state index contributed by atoms with van der Waals surface area (Å²) in [6.45, 7) is 1.68. The number of nitrogens with zero attached hydrogens (tertiary/aromatic N) is 2. The standard InChI is InChI=1S/C19H18N4O3S2/c1-12-10-16(15-6-9-27-18(15)28(12,25)26)23-17(24)13-4-2-5-14(11-13)22-19-20-7-3-8-21-19/h2-9,11-12,16H,10H2,1H3,(H,23,24)(H,20,21,22)/t12-,16-/m0/s1. The largest absolute Gasteiger partial charge is 0.345 e. The lowest BCUT2D eigenvalue weighted by Gasteiger charge is -2.28. The molecule has 3 aromatic rings. The van der Waals surface area contributed by atoms with Crippen molar-refractivity contribution in [1.82, 2.24) is 15.3 Å². The minimum atomic E-state index is -3.31. The van der Waals surface area contributed by atoms with Crippen LogP contribution in [0.1, 0.15) is 35.3 Å². The van der Waals surface area contributed by atoms with Crippen LogP contribution in [0.4, 0.5) is 11.6 Å². The van der Waals surface area contributed by atoms with Gasteiger partial charge in [-0.2, -0.15) is 0 Å². The summed E-state index contributed by atoms with van der Waals surface area (Å²) in [5.74, 6) is 0.181. The van der Waals surface area contributed by atoms with Crippen molar-refractivity contribution in [2.75, 3.05) is 5.32 Å². The molecule has 0 saturated carbocycles. The van der Waals surface area contributed by atoms with Crippen LogP contribution in [-0.2, 0) is 9.84 Å². The molecule has 1 aromatic carbocycles. The summed E-state index contributed by atoms with van der Waals surface area (Å²) in [6.07, 6.45) is 3.61. The average Bonchev–Trinajstić information content (AvgIpc) is 3.19. The van der Waals surface area contributed by atoms with E-state index in [4.69, 9.17) is 0 Å². The first-order chi connectivity index (χ1) is 13.4.